The van der Waals surface area contributed by atoms with Crippen molar-refractivity contribution in [2.45, 2.75) is 37.7 Å². The molecule has 0 amide bonds. The van der Waals surface area contributed by atoms with Crippen molar-refractivity contribution in [2.24, 2.45) is 11.8 Å². The van der Waals surface area contributed by atoms with Gasteiger partial charge in [-0.25, -0.2) is 9.78 Å². The number of aliphatic carboxylic acids is 1. The van der Waals surface area contributed by atoms with Crippen LogP contribution in [0.25, 0.3) is 0 Å². The largest absolute Gasteiger partial charge is 0.490 e. The summed E-state index contributed by atoms with van der Waals surface area (Å²) in [6.45, 7) is 4.68. The summed E-state index contributed by atoms with van der Waals surface area (Å²) in [5, 5.41) is 10.4. The number of hydrogen-bond donors (Lipinski definition) is 1. The van der Waals surface area contributed by atoms with Crippen LogP contribution >= 0.6 is 11.3 Å². The SMILES string of the molecule is O=C(O)C(F)(F)F.c1csc(CN2C[C@H](OCC3CC3)[C@H]3COC[C@H]32)n1. The van der Waals surface area contributed by atoms with Crippen LogP contribution in [0.5, 0.6) is 0 Å². The van der Waals surface area contributed by atoms with Crippen LogP contribution in [0, 0.1) is 11.8 Å². The molecule has 1 aromatic heterocycles. The Morgan fingerprint density at radius 3 is 2.73 bits per heavy atom. The molecule has 0 unspecified atom stereocenters. The minimum atomic E-state index is -5.08. The summed E-state index contributed by atoms with van der Waals surface area (Å²) in [5.41, 5.74) is 0. The van der Waals surface area contributed by atoms with Gasteiger partial charge in [0.2, 0.25) is 0 Å². The van der Waals surface area contributed by atoms with E-state index in [1.54, 1.807) is 11.3 Å². The molecule has 6 nitrogen and oxygen atoms in total. The van der Waals surface area contributed by atoms with Crippen LogP contribution in [0.4, 0.5) is 13.2 Å². The molecule has 1 saturated carbocycles. The predicted molar refractivity (Wildman–Crippen MR) is 86.8 cm³/mol. The first kappa shape index (κ1) is 19.5. The molecule has 146 valence electrons. The zero-order chi connectivity index (χ0) is 18.7. The van der Waals surface area contributed by atoms with Gasteiger partial charge in [0.1, 0.15) is 5.01 Å². The van der Waals surface area contributed by atoms with Gasteiger partial charge in [0.25, 0.3) is 0 Å². The first-order valence-corrected chi connectivity index (χ1v) is 9.34. The first-order valence-electron chi connectivity index (χ1n) is 8.46. The Kier molecular flexibility index (Phi) is 6.16. The van der Waals surface area contributed by atoms with Crippen LogP contribution in [-0.2, 0) is 20.8 Å². The van der Waals surface area contributed by atoms with Crippen molar-refractivity contribution >= 4 is 17.3 Å². The van der Waals surface area contributed by atoms with Gasteiger partial charge < -0.3 is 14.6 Å². The molecule has 0 spiro atoms. The van der Waals surface area contributed by atoms with Crippen molar-refractivity contribution in [2.75, 3.05) is 26.4 Å². The molecular formula is C16H21F3N2O4S. The smallest absolute Gasteiger partial charge is 0.475 e. The van der Waals surface area contributed by atoms with Crippen LogP contribution in [-0.4, -0.2) is 65.6 Å². The number of rotatable bonds is 5. The molecule has 3 fully saturated rings. The molecule has 4 rings (SSSR count). The summed E-state index contributed by atoms with van der Waals surface area (Å²) in [6.07, 6.45) is -0.104. The topological polar surface area (TPSA) is 71.9 Å². The molecule has 0 aromatic carbocycles. The van der Waals surface area contributed by atoms with E-state index in [2.05, 4.69) is 15.3 Å². The van der Waals surface area contributed by atoms with Crippen molar-refractivity contribution in [3.8, 4) is 0 Å². The lowest BCUT2D eigenvalue weighted by atomic mass is 10.0. The summed E-state index contributed by atoms with van der Waals surface area (Å²) in [7, 11) is 0. The Hall–Kier alpha value is -1.23. The minimum absolute atomic E-state index is 0.369. The van der Waals surface area contributed by atoms with Crippen molar-refractivity contribution in [1.82, 2.24) is 9.88 Å². The maximum atomic E-state index is 10.6. The Labute approximate surface area is 152 Å². The molecule has 3 heterocycles. The number of fused-ring (bicyclic) bond motifs is 1. The number of thiazole rings is 1. The Morgan fingerprint density at radius 2 is 2.15 bits per heavy atom. The quantitative estimate of drug-likeness (QED) is 0.827. The van der Waals surface area contributed by atoms with Crippen molar-refractivity contribution in [1.29, 1.82) is 0 Å². The zero-order valence-electron chi connectivity index (χ0n) is 14.0. The lowest BCUT2D eigenvalue weighted by molar-refractivity contribution is -0.192. The number of halogens is 3. The van der Waals surface area contributed by atoms with Gasteiger partial charge in [-0.15, -0.1) is 11.3 Å². The molecule has 0 radical (unpaired) electrons. The molecule has 2 aliphatic heterocycles. The number of carboxylic acid groups (broad SMARTS) is 1. The fraction of sp³-hybridized carbons (Fsp3) is 0.750. The minimum Gasteiger partial charge on any atom is -0.475 e. The molecule has 1 aliphatic carbocycles. The highest BCUT2D eigenvalue weighted by Crippen LogP contribution is 2.35. The van der Waals surface area contributed by atoms with E-state index < -0.39 is 12.1 Å². The van der Waals surface area contributed by atoms with Gasteiger partial charge in [0.05, 0.1) is 25.9 Å². The fourth-order valence-corrected chi connectivity index (χ4v) is 3.84. The summed E-state index contributed by atoms with van der Waals surface area (Å²) in [4.78, 5) is 15.8. The molecule has 1 aromatic rings. The number of ether oxygens (including phenoxy) is 2. The lowest BCUT2D eigenvalue weighted by Crippen LogP contribution is -2.32. The maximum absolute atomic E-state index is 10.6. The summed E-state index contributed by atoms with van der Waals surface area (Å²) >= 11 is 1.74. The second kappa shape index (κ2) is 8.20. The van der Waals surface area contributed by atoms with Gasteiger partial charge in [0, 0.05) is 36.7 Å². The maximum Gasteiger partial charge on any atom is 0.490 e. The third kappa shape index (κ3) is 5.15. The molecular weight excluding hydrogens is 373 g/mol. The highest BCUT2D eigenvalue weighted by molar-refractivity contribution is 7.09. The van der Waals surface area contributed by atoms with Crippen LogP contribution < -0.4 is 0 Å². The van der Waals surface area contributed by atoms with Crippen molar-refractivity contribution in [3.63, 3.8) is 0 Å². The first-order chi connectivity index (χ1) is 12.3. The van der Waals surface area contributed by atoms with Gasteiger partial charge in [-0.05, 0) is 18.8 Å². The van der Waals surface area contributed by atoms with Gasteiger partial charge in [-0.1, -0.05) is 0 Å². The highest BCUT2D eigenvalue weighted by Gasteiger charge is 2.46. The molecule has 26 heavy (non-hydrogen) atoms. The number of alkyl halides is 3. The third-order valence-electron chi connectivity index (χ3n) is 4.76. The lowest BCUT2D eigenvalue weighted by Gasteiger charge is -2.20. The number of aromatic nitrogens is 1. The molecule has 2 saturated heterocycles. The number of carbonyl (C=O) groups is 1. The zero-order valence-corrected chi connectivity index (χ0v) is 14.8. The summed E-state index contributed by atoms with van der Waals surface area (Å²) in [6, 6.07) is 0.535. The van der Waals surface area contributed by atoms with Crippen LogP contribution in [0.2, 0.25) is 0 Å². The van der Waals surface area contributed by atoms with E-state index in [0.29, 0.717) is 18.1 Å². The average Bonchev–Trinajstić information content (AvgIpc) is 2.98. The van der Waals surface area contributed by atoms with Gasteiger partial charge >= 0.3 is 12.1 Å². The van der Waals surface area contributed by atoms with Gasteiger partial charge in [-0.3, -0.25) is 4.90 Å². The van der Waals surface area contributed by atoms with E-state index in [4.69, 9.17) is 19.4 Å². The summed E-state index contributed by atoms with van der Waals surface area (Å²) < 4.78 is 43.6. The number of carboxylic acids is 1. The van der Waals surface area contributed by atoms with Crippen molar-refractivity contribution < 1.29 is 32.5 Å². The Morgan fingerprint density at radius 1 is 1.42 bits per heavy atom. The Balaban J connectivity index is 0.000000242. The van der Waals surface area contributed by atoms with E-state index in [1.807, 2.05) is 6.20 Å². The van der Waals surface area contributed by atoms with E-state index in [9.17, 15) is 13.2 Å². The second-order valence-corrected chi connectivity index (χ2v) is 7.72. The standard InChI is InChI=1S/C14H20N2O2S.C2HF3O2/c1-2-10(1)7-18-13-5-16(6-14-15-3-4-19-14)12-9-17-8-11(12)13;3-2(4,5)1(6)7/h3-4,10-13H,1-2,5-9H2;(H,6,7)/t11-,12+,13-;/m0./s1. The summed E-state index contributed by atoms with van der Waals surface area (Å²) in [5.74, 6) is -1.35. The normalized spacial score (nSPS) is 28.5. The van der Waals surface area contributed by atoms with E-state index >= 15 is 0 Å². The molecule has 0 bridgehead atoms. The van der Waals surface area contributed by atoms with Crippen molar-refractivity contribution in [3.05, 3.63) is 16.6 Å². The van der Waals surface area contributed by atoms with E-state index in [-0.39, 0.29) is 0 Å². The third-order valence-corrected chi connectivity index (χ3v) is 5.53. The Bertz CT molecular complexity index is 595. The fourth-order valence-electron chi connectivity index (χ4n) is 3.20. The number of nitrogens with zero attached hydrogens (tertiary/aromatic N) is 2. The van der Waals surface area contributed by atoms with Crippen LogP contribution in [0.3, 0.4) is 0 Å². The van der Waals surface area contributed by atoms with E-state index in [0.717, 1.165) is 38.8 Å². The van der Waals surface area contributed by atoms with Crippen LogP contribution in [0.15, 0.2) is 11.6 Å². The average molecular weight is 394 g/mol. The number of hydrogen-bond acceptors (Lipinski definition) is 6. The predicted octanol–water partition coefficient (Wildman–Crippen LogP) is 2.40. The molecule has 3 aliphatic rings. The van der Waals surface area contributed by atoms with Gasteiger partial charge in [0.15, 0.2) is 0 Å². The monoisotopic (exact) mass is 394 g/mol. The molecule has 3 atom stereocenters. The van der Waals surface area contributed by atoms with Gasteiger partial charge in [-0.2, -0.15) is 13.2 Å². The number of likely N-dealkylation sites (tertiary alicyclic amines) is 1. The second-order valence-electron chi connectivity index (χ2n) is 6.74. The highest BCUT2D eigenvalue weighted by atomic mass is 32.1. The van der Waals surface area contributed by atoms with E-state index in [1.165, 1.54) is 17.8 Å². The molecule has 1 N–H and O–H groups in total. The molecule has 10 heteroatoms. The van der Waals surface area contributed by atoms with Crippen LogP contribution in [0.1, 0.15) is 17.8 Å².